The van der Waals surface area contributed by atoms with Gasteiger partial charge in [-0.2, -0.15) is 4.98 Å². The van der Waals surface area contributed by atoms with E-state index in [-0.39, 0.29) is 22.0 Å². The maximum atomic E-state index is 11.9. The van der Waals surface area contributed by atoms with Crippen molar-refractivity contribution in [2.45, 2.75) is 70.2 Å². The molecule has 0 aliphatic carbocycles. The number of hydrogen-bond donors (Lipinski definition) is 2. The minimum absolute atomic E-state index is 0.0909. The Morgan fingerprint density at radius 3 is 2.81 bits per heavy atom. The fourth-order valence-electron chi connectivity index (χ4n) is 3.79. The number of nitrogens with one attached hydrogen (secondary N) is 1. The molecule has 2 aromatic heterocycles. The van der Waals surface area contributed by atoms with Crippen LogP contribution in [-0.4, -0.2) is 46.6 Å². The molecule has 1 saturated heterocycles. The molecule has 2 aliphatic heterocycles. The van der Waals surface area contributed by atoms with Gasteiger partial charge < -0.3 is 24.2 Å². The summed E-state index contributed by atoms with van der Waals surface area (Å²) in [5.41, 5.74) is -1.52. The van der Waals surface area contributed by atoms with E-state index in [1.54, 1.807) is 17.6 Å². The molecule has 10 heteroatoms. The van der Waals surface area contributed by atoms with E-state index in [1.165, 1.54) is 6.07 Å². The Labute approximate surface area is 187 Å². The monoisotopic (exact) mass is 464 g/mol. The second kappa shape index (κ2) is 7.38. The third-order valence-electron chi connectivity index (χ3n) is 6.51. The first-order valence-electron chi connectivity index (χ1n) is 10.4. The van der Waals surface area contributed by atoms with Gasteiger partial charge in [-0.15, -0.1) is 0 Å². The first-order chi connectivity index (χ1) is 14.3. The van der Waals surface area contributed by atoms with Gasteiger partial charge in [0.2, 0.25) is 5.29 Å². The zero-order valence-corrected chi connectivity index (χ0v) is 20.4. The lowest BCUT2D eigenvalue weighted by Crippen LogP contribution is -2.42. The van der Waals surface area contributed by atoms with Crippen LogP contribution >= 0.6 is 11.6 Å². The number of aliphatic imine (C=N–C) groups is 1. The molecule has 2 aliphatic rings. The molecule has 0 aromatic carbocycles. The topological polar surface area (TPSA) is 98.0 Å². The van der Waals surface area contributed by atoms with E-state index in [0.717, 1.165) is 5.39 Å². The maximum absolute atomic E-state index is 11.9. The number of rotatable bonds is 4. The van der Waals surface area contributed by atoms with Gasteiger partial charge in [0, 0.05) is 24.1 Å². The molecule has 2 N–H and O–H groups in total. The molecule has 31 heavy (non-hydrogen) atoms. The summed E-state index contributed by atoms with van der Waals surface area (Å²) in [6.45, 7) is 13.1. The molecule has 1 unspecified atom stereocenters. The zero-order chi connectivity index (χ0) is 22.8. The minimum Gasteiger partial charge on any atom is -0.414 e. The number of anilines is 1. The summed E-state index contributed by atoms with van der Waals surface area (Å²) in [6, 6.07) is 3.08. The van der Waals surface area contributed by atoms with E-state index in [0.29, 0.717) is 30.0 Å². The van der Waals surface area contributed by atoms with Crippen molar-refractivity contribution in [2.24, 2.45) is 4.99 Å². The van der Waals surface area contributed by atoms with E-state index in [1.807, 2.05) is 6.20 Å². The predicted molar refractivity (Wildman–Crippen MR) is 125 cm³/mol. The molecule has 4 heterocycles. The number of amidine groups is 1. The Hall–Kier alpha value is -1.78. The van der Waals surface area contributed by atoms with Gasteiger partial charge in [0.05, 0.1) is 18.1 Å². The van der Waals surface area contributed by atoms with Crippen molar-refractivity contribution < 1.29 is 14.3 Å². The van der Waals surface area contributed by atoms with E-state index < -0.39 is 20.1 Å². The number of halogens is 1. The molecule has 0 amide bonds. The SMILES string of the molecule is CC(C)(C)[Si](C)(C)OC[C@@H]1C[C@@](C)(O)C(n2cc3ccc(=O)nc4c3c2N=C(Cl)N4)O1. The van der Waals surface area contributed by atoms with Gasteiger partial charge in [0.1, 0.15) is 17.2 Å². The lowest BCUT2D eigenvalue weighted by molar-refractivity contribution is -0.0852. The lowest BCUT2D eigenvalue weighted by Gasteiger charge is -2.36. The maximum Gasteiger partial charge on any atom is 0.271 e. The smallest absolute Gasteiger partial charge is 0.271 e. The minimum atomic E-state index is -1.94. The highest BCUT2D eigenvalue weighted by Gasteiger charge is 2.47. The van der Waals surface area contributed by atoms with Crippen LogP contribution in [0.15, 0.2) is 28.1 Å². The van der Waals surface area contributed by atoms with Gasteiger partial charge in [0.25, 0.3) is 5.56 Å². The lowest BCUT2D eigenvalue weighted by atomic mass is 10.0. The normalized spacial score (nSPS) is 26.1. The fraction of sp³-hybridized carbons (Fsp3) is 0.571. The van der Waals surface area contributed by atoms with Gasteiger partial charge >= 0.3 is 0 Å². The molecule has 0 spiro atoms. The first-order valence-corrected chi connectivity index (χ1v) is 13.7. The molecule has 0 radical (unpaired) electrons. The summed E-state index contributed by atoms with van der Waals surface area (Å²) >= 11 is 6.17. The number of nitrogens with zero attached hydrogens (tertiary/aromatic N) is 3. The second-order valence-corrected chi connectivity index (χ2v) is 15.3. The van der Waals surface area contributed by atoms with Gasteiger partial charge in [0.15, 0.2) is 14.5 Å². The largest absolute Gasteiger partial charge is 0.414 e. The van der Waals surface area contributed by atoms with E-state index in [9.17, 15) is 9.90 Å². The summed E-state index contributed by atoms with van der Waals surface area (Å²) in [6.07, 6.45) is 1.31. The van der Waals surface area contributed by atoms with Crippen molar-refractivity contribution in [1.82, 2.24) is 9.55 Å². The quantitative estimate of drug-likeness (QED) is 0.522. The van der Waals surface area contributed by atoms with Crippen molar-refractivity contribution in [3.8, 4) is 0 Å². The third-order valence-corrected chi connectivity index (χ3v) is 11.2. The molecule has 0 bridgehead atoms. The Morgan fingerprint density at radius 1 is 1.42 bits per heavy atom. The molecule has 0 saturated carbocycles. The van der Waals surface area contributed by atoms with Crippen LogP contribution in [0.1, 0.15) is 40.3 Å². The van der Waals surface area contributed by atoms with Crippen LogP contribution < -0.4 is 10.9 Å². The summed E-state index contributed by atoms with van der Waals surface area (Å²) in [7, 11) is -1.94. The molecular weight excluding hydrogens is 436 g/mol. The van der Waals surface area contributed by atoms with E-state index in [4.69, 9.17) is 20.8 Å². The molecule has 1 fully saturated rings. The summed E-state index contributed by atoms with van der Waals surface area (Å²) in [4.78, 5) is 20.4. The van der Waals surface area contributed by atoms with Gasteiger partial charge in [-0.25, -0.2) is 4.99 Å². The van der Waals surface area contributed by atoms with Crippen molar-refractivity contribution in [3.05, 3.63) is 28.7 Å². The van der Waals surface area contributed by atoms with E-state index in [2.05, 4.69) is 49.2 Å². The Kier molecular flexibility index (Phi) is 5.34. The van der Waals surface area contributed by atoms with Crippen molar-refractivity contribution in [1.29, 1.82) is 0 Å². The Bertz CT molecular complexity index is 1120. The highest BCUT2D eigenvalue weighted by atomic mass is 35.5. The molecule has 8 nitrogen and oxygen atoms in total. The molecule has 168 valence electrons. The zero-order valence-electron chi connectivity index (χ0n) is 18.7. The van der Waals surface area contributed by atoms with Crippen LogP contribution in [-0.2, 0) is 9.16 Å². The Balaban J connectivity index is 1.68. The standard InChI is InChI=1S/C21H29ClN4O4Si/c1-20(2,3)31(5,6)29-11-13-9-21(4,28)18(30-13)26-10-12-7-8-14(27)23-16-15(12)17(26)25-19(22)24-16/h7-8,10,13,18,28H,9,11H2,1-6H3,(H,23,24,25,27)/t13-,18?,21+/m0/s1. The molecule has 2 aromatic rings. The fourth-order valence-corrected chi connectivity index (χ4v) is 4.99. The average molecular weight is 465 g/mol. The van der Waals surface area contributed by atoms with Crippen molar-refractivity contribution in [2.75, 3.05) is 11.9 Å². The van der Waals surface area contributed by atoms with Crippen LogP contribution in [0.25, 0.3) is 10.8 Å². The first kappa shape index (κ1) is 22.4. The number of hydrogen-bond acceptors (Lipinski definition) is 7. The predicted octanol–water partition coefficient (Wildman–Crippen LogP) is 4.11. The number of aromatic nitrogens is 2. The molecular formula is C21H29ClN4O4Si. The van der Waals surface area contributed by atoms with Gasteiger partial charge in [-0.3, -0.25) is 4.79 Å². The van der Waals surface area contributed by atoms with Crippen LogP contribution in [0, 0.1) is 0 Å². The molecule has 4 rings (SSSR count). The Morgan fingerprint density at radius 2 is 2.13 bits per heavy atom. The van der Waals surface area contributed by atoms with E-state index >= 15 is 0 Å². The van der Waals surface area contributed by atoms with Crippen LogP contribution in [0.2, 0.25) is 18.1 Å². The second-order valence-electron chi connectivity index (χ2n) is 10.1. The van der Waals surface area contributed by atoms with Crippen LogP contribution in [0.5, 0.6) is 0 Å². The van der Waals surface area contributed by atoms with Crippen molar-refractivity contribution >= 4 is 47.6 Å². The van der Waals surface area contributed by atoms with Crippen LogP contribution in [0.3, 0.4) is 0 Å². The number of aliphatic hydroxyl groups is 1. The van der Waals surface area contributed by atoms with Gasteiger partial charge in [-0.1, -0.05) is 20.8 Å². The van der Waals surface area contributed by atoms with Crippen LogP contribution in [0.4, 0.5) is 11.6 Å². The summed E-state index contributed by atoms with van der Waals surface area (Å²) < 4.78 is 14.4. The summed E-state index contributed by atoms with van der Waals surface area (Å²) in [5.74, 6) is 0.835. The summed E-state index contributed by atoms with van der Waals surface area (Å²) in [5, 5.41) is 15.6. The van der Waals surface area contributed by atoms with Gasteiger partial charge in [-0.05, 0) is 42.7 Å². The highest BCUT2D eigenvalue weighted by Crippen LogP contribution is 2.45. The third kappa shape index (κ3) is 4.05. The number of ether oxygens (including phenoxy) is 1. The highest BCUT2D eigenvalue weighted by molar-refractivity contribution is 6.74. The molecule has 3 atom stereocenters. The van der Waals surface area contributed by atoms with Crippen molar-refractivity contribution in [3.63, 3.8) is 0 Å². The average Bonchev–Trinajstić information content (AvgIpc) is 3.07.